The molecule has 1 aliphatic rings. The summed E-state index contributed by atoms with van der Waals surface area (Å²) in [6.07, 6.45) is 2.14. The van der Waals surface area contributed by atoms with Gasteiger partial charge >= 0.3 is 0 Å². The molecule has 0 radical (unpaired) electrons. The molecule has 0 aliphatic carbocycles. The lowest BCUT2D eigenvalue weighted by Crippen LogP contribution is -2.31. The third-order valence-corrected chi connectivity index (χ3v) is 5.12. The fourth-order valence-corrected chi connectivity index (χ4v) is 3.66. The molecule has 7 heteroatoms. The monoisotopic (exact) mass is 371 g/mol. The van der Waals surface area contributed by atoms with Gasteiger partial charge in [0.2, 0.25) is 5.91 Å². The van der Waals surface area contributed by atoms with E-state index in [0.717, 1.165) is 0 Å². The number of nitrogens with zero attached hydrogens (tertiary/aromatic N) is 2. The number of anilines is 1. The number of rotatable bonds is 7. The van der Waals surface area contributed by atoms with E-state index in [0.29, 0.717) is 29.5 Å². The Labute approximate surface area is 157 Å². The molecule has 1 N–H and O–H groups in total. The second-order valence-electron chi connectivity index (χ2n) is 5.41. The van der Waals surface area contributed by atoms with E-state index in [4.69, 9.17) is 4.74 Å². The summed E-state index contributed by atoms with van der Waals surface area (Å²) in [5.41, 5.74) is 0.524. The summed E-state index contributed by atoms with van der Waals surface area (Å²) < 4.78 is 5.42. The standard InChI is InChI=1S/C19H21N3O3S/c1-4-11-21-17(23)15(12-20)19-22(18(24)16(5-2)26-19)13-7-9-14(10-8-13)25-6-3/h4,7-10,16H,1,5-6,11H2,2-3H3,(H,21,23)/b19-15-. The Hall–Kier alpha value is -2.72. The molecule has 26 heavy (non-hydrogen) atoms. The van der Waals surface area contributed by atoms with Gasteiger partial charge in [-0.25, -0.2) is 0 Å². The normalized spacial score (nSPS) is 18.3. The number of hydrogen-bond acceptors (Lipinski definition) is 5. The van der Waals surface area contributed by atoms with E-state index in [1.807, 2.05) is 19.9 Å². The number of nitriles is 1. The van der Waals surface area contributed by atoms with Gasteiger partial charge in [0.25, 0.3) is 5.91 Å². The van der Waals surface area contributed by atoms with Crippen LogP contribution in [-0.4, -0.2) is 30.2 Å². The SMILES string of the molecule is C=CCNC(=O)/C(C#N)=C1\SC(CC)C(=O)N1c1ccc(OCC)cc1. The fraction of sp³-hybridized carbons (Fsp3) is 0.316. The molecule has 136 valence electrons. The van der Waals surface area contributed by atoms with Gasteiger partial charge in [-0.1, -0.05) is 24.8 Å². The van der Waals surface area contributed by atoms with Crippen LogP contribution >= 0.6 is 11.8 Å². The molecule has 2 amide bonds. The largest absolute Gasteiger partial charge is 0.494 e. The van der Waals surface area contributed by atoms with Crippen molar-refractivity contribution in [2.75, 3.05) is 18.1 Å². The van der Waals surface area contributed by atoms with Gasteiger partial charge in [0.05, 0.1) is 11.9 Å². The second kappa shape index (κ2) is 9.11. The fourth-order valence-electron chi connectivity index (χ4n) is 2.46. The van der Waals surface area contributed by atoms with Crippen LogP contribution in [0, 0.1) is 11.3 Å². The Balaban J connectivity index is 2.46. The Kier molecular flexibility index (Phi) is 6.87. The minimum atomic E-state index is -0.518. The van der Waals surface area contributed by atoms with Crippen LogP contribution in [0.2, 0.25) is 0 Å². The first-order chi connectivity index (χ1) is 12.6. The third kappa shape index (κ3) is 4.09. The van der Waals surface area contributed by atoms with Gasteiger partial charge in [-0.3, -0.25) is 14.5 Å². The van der Waals surface area contributed by atoms with Gasteiger partial charge in [-0.15, -0.1) is 6.58 Å². The molecule has 0 saturated carbocycles. The average Bonchev–Trinajstić information content (AvgIpc) is 2.98. The average molecular weight is 371 g/mol. The molecule has 1 aliphatic heterocycles. The van der Waals surface area contributed by atoms with E-state index in [2.05, 4.69) is 11.9 Å². The van der Waals surface area contributed by atoms with E-state index >= 15 is 0 Å². The Morgan fingerprint density at radius 3 is 2.65 bits per heavy atom. The summed E-state index contributed by atoms with van der Waals surface area (Å²) in [6.45, 7) is 8.13. The van der Waals surface area contributed by atoms with Crippen molar-refractivity contribution in [2.24, 2.45) is 0 Å². The highest BCUT2D eigenvalue weighted by atomic mass is 32.2. The molecule has 1 aromatic rings. The van der Waals surface area contributed by atoms with E-state index in [1.54, 1.807) is 24.3 Å². The highest BCUT2D eigenvalue weighted by Gasteiger charge is 2.39. The zero-order valence-electron chi connectivity index (χ0n) is 14.8. The molecule has 0 spiro atoms. The van der Waals surface area contributed by atoms with E-state index < -0.39 is 5.91 Å². The van der Waals surface area contributed by atoms with Crippen molar-refractivity contribution < 1.29 is 14.3 Å². The van der Waals surface area contributed by atoms with Gasteiger partial charge in [-0.2, -0.15) is 5.26 Å². The maximum atomic E-state index is 12.8. The summed E-state index contributed by atoms with van der Waals surface area (Å²) >= 11 is 1.25. The smallest absolute Gasteiger partial charge is 0.264 e. The molecule has 1 unspecified atom stereocenters. The number of carbonyl (C=O) groups is 2. The highest BCUT2D eigenvalue weighted by Crippen LogP contribution is 2.42. The van der Waals surface area contributed by atoms with E-state index in [1.165, 1.54) is 22.7 Å². The summed E-state index contributed by atoms with van der Waals surface area (Å²) in [5.74, 6) is 0.0358. The first-order valence-electron chi connectivity index (χ1n) is 8.34. The molecule has 0 aromatic heterocycles. The van der Waals surface area contributed by atoms with Crippen LogP contribution in [0.1, 0.15) is 20.3 Å². The van der Waals surface area contributed by atoms with Crippen LogP contribution in [0.4, 0.5) is 5.69 Å². The Morgan fingerprint density at radius 2 is 2.12 bits per heavy atom. The topological polar surface area (TPSA) is 82.4 Å². The predicted octanol–water partition coefficient (Wildman–Crippen LogP) is 2.98. The maximum absolute atomic E-state index is 12.8. The maximum Gasteiger partial charge on any atom is 0.264 e. The number of thioether (sulfide) groups is 1. The second-order valence-corrected chi connectivity index (χ2v) is 6.60. The van der Waals surface area contributed by atoms with Crippen molar-refractivity contribution >= 4 is 29.3 Å². The molecule has 1 fully saturated rings. The lowest BCUT2D eigenvalue weighted by atomic mass is 10.2. The number of carbonyl (C=O) groups excluding carboxylic acids is 2. The lowest BCUT2D eigenvalue weighted by molar-refractivity contribution is -0.117. The Bertz CT molecular complexity index is 765. The van der Waals surface area contributed by atoms with Crippen molar-refractivity contribution in [3.05, 3.63) is 47.5 Å². The number of benzene rings is 1. The van der Waals surface area contributed by atoms with Crippen molar-refractivity contribution in [1.29, 1.82) is 5.26 Å². The van der Waals surface area contributed by atoms with Gasteiger partial charge in [0.1, 0.15) is 22.4 Å². The zero-order chi connectivity index (χ0) is 19.1. The summed E-state index contributed by atoms with van der Waals surface area (Å²) in [5, 5.41) is 12.1. The summed E-state index contributed by atoms with van der Waals surface area (Å²) in [4.78, 5) is 26.6. The van der Waals surface area contributed by atoms with Crippen LogP contribution < -0.4 is 15.0 Å². The zero-order valence-corrected chi connectivity index (χ0v) is 15.6. The molecule has 1 saturated heterocycles. The molecular weight excluding hydrogens is 350 g/mol. The summed E-state index contributed by atoms with van der Waals surface area (Å²) in [7, 11) is 0. The number of hydrogen-bond donors (Lipinski definition) is 1. The van der Waals surface area contributed by atoms with Crippen molar-refractivity contribution in [1.82, 2.24) is 5.32 Å². The highest BCUT2D eigenvalue weighted by molar-refractivity contribution is 8.05. The van der Waals surface area contributed by atoms with Crippen LogP contribution in [0.5, 0.6) is 5.75 Å². The van der Waals surface area contributed by atoms with Crippen LogP contribution in [0.3, 0.4) is 0 Å². The molecule has 1 atom stereocenters. The van der Waals surface area contributed by atoms with Gasteiger partial charge in [0, 0.05) is 12.2 Å². The van der Waals surface area contributed by atoms with Crippen LogP contribution in [0.25, 0.3) is 0 Å². The van der Waals surface area contributed by atoms with Crippen LogP contribution in [0.15, 0.2) is 47.5 Å². The van der Waals surface area contributed by atoms with Gasteiger partial charge in [0.15, 0.2) is 0 Å². The van der Waals surface area contributed by atoms with Crippen LogP contribution in [-0.2, 0) is 9.59 Å². The summed E-state index contributed by atoms with van der Waals surface area (Å²) in [6, 6.07) is 8.96. The quantitative estimate of drug-likeness (QED) is 0.453. The van der Waals surface area contributed by atoms with Gasteiger partial charge < -0.3 is 10.1 Å². The molecule has 0 bridgehead atoms. The van der Waals surface area contributed by atoms with Crippen molar-refractivity contribution in [3.8, 4) is 11.8 Å². The molecular formula is C19H21N3O3S. The number of amides is 2. The molecule has 6 nitrogen and oxygen atoms in total. The molecule has 2 rings (SSSR count). The van der Waals surface area contributed by atoms with Crippen molar-refractivity contribution in [3.63, 3.8) is 0 Å². The lowest BCUT2D eigenvalue weighted by Gasteiger charge is -2.19. The predicted molar refractivity (Wildman–Crippen MR) is 103 cm³/mol. The minimum absolute atomic E-state index is 0.0740. The number of ether oxygens (including phenoxy) is 1. The number of nitrogens with one attached hydrogen (secondary N) is 1. The van der Waals surface area contributed by atoms with Gasteiger partial charge in [-0.05, 0) is 37.6 Å². The molecule has 1 heterocycles. The Morgan fingerprint density at radius 1 is 1.42 bits per heavy atom. The van der Waals surface area contributed by atoms with E-state index in [-0.39, 0.29) is 23.3 Å². The minimum Gasteiger partial charge on any atom is -0.494 e. The van der Waals surface area contributed by atoms with Crippen molar-refractivity contribution in [2.45, 2.75) is 25.5 Å². The first-order valence-corrected chi connectivity index (χ1v) is 9.22. The van der Waals surface area contributed by atoms with E-state index in [9.17, 15) is 14.9 Å². The first kappa shape index (κ1) is 19.6. The third-order valence-electron chi connectivity index (χ3n) is 3.69. The molecule has 1 aromatic carbocycles.